The van der Waals surface area contributed by atoms with E-state index in [1.165, 1.54) is 25.7 Å². The van der Waals surface area contributed by atoms with Gasteiger partial charge in [0.15, 0.2) is 0 Å². The summed E-state index contributed by atoms with van der Waals surface area (Å²) < 4.78 is 0. The second-order valence-electron chi connectivity index (χ2n) is 5.08. The zero-order valence-electron chi connectivity index (χ0n) is 8.21. The minimum absolute atomic E-state index is 0.407. The van der Waals surface area contributed by atoms with Crippen molar-refractivity contribution in [1.29, 1.82) is 0 Å². The summed E-state index contributed by atoms with van der Waals surface area (Å²) in [4.78, 5) is 0. The van der Waals surface area contributed by atoms with Gasteiger partial charge in [-0.25, -0.2) is 0 Å². The van der Waals surface area contributed by atoms with Crippen LogP contribution in [-0.2, 0) is 0 Å². The van der Waals surface area contributed by atoms with Crippen LogP contribution in [0.25, 0.3) is 0 Å². The summed E-state index contributed by atoms with van der Waals surface area (Å²) in [5, 5.41) is 9.12. The Bertz CT molecular complexity index is 174. The number of rotatable bonds is 3. The summed E-state index contributed by atoms with van der Waals surface area (Å²) in [5.41, 5.74) is 0.500. The predicted molar refractivity (Wildman–Crippen MR) is 49.8 cm³/mol. The standard InChI is InChI=1S/C11H20O/c1-8-10(7-12)11(8,2)6-9-4-3-5-9/h8-10,12H,3-7H2,1-2H3. The highest BCUT2D eigenvalue weighted by atomic mass is 16.3. The molecule has 0 aromatic heterocycles. The van der Waals surface area contributed by atoms with Gasteiger partial charge in [0.1, 0.15) is 0 Å². The quantitative estimate of drug-likeness (QED) is 0.686. The Kier molecular flexibility index (Phi) is 1.95. The fourth-order valence-electron chi connectivity index (χ4n) is 2.93. The third-order valence-corrected chi connectivity index (χ3v) is 4.53. The summed E-state index contributed by atoms with van der Waals surface area (Å²) >= 11 is 0. The third kappa shape index (κ3) is 1.10. The van der Waals surface area contributed by atoms with Crippen LogP contribution in [0.1, 0.15) is 39.5 Å². The lowest BCUT2D eigenvalue weighted by Crippen LogP contribution is -2.17. The van der Waals surface area contributed by atoms with Crippen LogP contribution in [0.4, 0.5) is 0 Å². The zero-order chi connectivity index (χ0) is 8.77. The second kappa shape index (κ2) is 2.73. The van der Waals surface area contributed by atoms with Gasteiger partial charge in [0, 0.05) is 6.61 Å². The molecule has 0 saturated heterocycles. The Morgan fingerprint density at radius 2 is 2.08 bits per heavy atom. The molecule has 0 aliphatic heterocycles. The summed E-state index contributed by atoms with van der Waals surface area (Å²) in [7, 11) is 0. The van der Waals surface area contributed by atoms with Crippen molar-refractivity contribution in [3.63, 3.8) is 0 Å². The largest absolute Gasteiger partial charge is 0.396 e. The van der Waals surface area contributed by atoms with E-state index in [4.69, 9.17) is 5.11 Å². The molecule has 1 N–H and O–H groups in total. The molecule has 2 aliphatic rings. The van der Waals surface area contributed by atoms with Crippen molar-refractivity contribution in [2.75, 3.05) is 6.61 Å². The number of hydrogen-bond acceptors (Lipinski definition) is 1. The van der Waals surface area contributed by atoms with Gasteiger partial charge in [0.2, 0.25) is 0 Å². The van der Waals surface area contributed by atoms with Crippen molar-refractivity contribution in [2.24, 2.45) is 23.2 Å². The highest BCUT2D eigenvalue weighted by Crippen LogP contribution is 2.62. The van der Waals surface area contributed by atoms with Crippen molar-refractivity contribution in [3.8, 4) is 0 Å². The molecule has 3 atom stereocenters. The predicted octanol–water partition coefficient (Wildman–Crippen LogP) is 2.44. The van der Waals surface area contributed by atoms with Crippen molar-refractivity contribution in [3.05, 3.63) is 0 Å². The van der Waals surface area contributed by atoms with Gasteiger partial charge < -0.3 is 5.11 Å². The topological polar surface area (TPSA) is 20.2 Å². The fourth-order valence-corrected chi connectivity index (χ4v) is 2.93. The molecule has 0 aromatic carbocycles. The molecule has 0 radical (unpaired) electrons. The molecular weight excluding hydrogens is 148 g/mol. The van der Waals surface area contributed by atoms with Gasteiger partial charge >= 0.3 is 0 Å². The average Bonchev–Trinajstić information content (AvgIpc) is 2.47. The maximum absolute atomic E-state index is 9.12. The Morgan fingerprint density at radius 1 is 1.42 bits per heavy atom. The van der Waals surface area contributed by atoms with Gasteiger partial charge in [-0.3, -0.25) is 0 Å². The Labute approximate surface area is 75.2 Å². The van der Waals surface area contributed by atoms with Crippen LogP contribution in [-0.4, -0.2) is 11.7 Å². The monoisotopic (exact) mass is 168 g/mol. The molecule has 70 valence electrons. The van der Waals surface area contributed by atoms with Crippen LogP contribution in [0.3, 0.4) is 0 Å². The smallest absolute Gasteiger partial charge is 0.0467 e. The molecule has 0 amide bonds. The maximum atomic E-state index is 9.12. The van der Waals surface area contributed by atoms with Crippen LogP contribution in [0.2, 0.25) is 0 Å². The maximum Gasteiger partial charge on any atom is 0.0467 e. The van der Waals surface area contributed by atoms with Crippen molar-refractivity contribution < 1.29 is 5.11 Å². The number of aliphatic hydroxyl groups excluding tert-OH is 1. The lowest BCUT2D eigenvalue weighted by Gasteiger charge is -2.29. The van der Waals surface area contributed by atoms with E-state index in [1.54, 1.807) is 0 Å². The van der Waals surface area contributed by atoms with Gasteiger partial charge in [-0.1, -0.05) is 33.1 Å². The van der Waals surface area contributed by atoms with Crippen molar-refractivity contribution in [2.45, 2.75) is 39.5 Å². The Hall–Kier alpha value is -0.0400. The van der Waals surface area contributed by atoms with E-state index in [0.717, 1.165) is 11.8 Å². The molecule has 1 nitrogen and oxygen atoms in total. The highest BCUT2D eigenvalue weighted by molar-refractivity contribution is 5.06. The molecule has 0 heterocycles. The lowest BCUT2D eigenvalue weighted by molar-refractivity contribution is 0.205. The van der Waals surface area contributed by atoms with Gasteiger partial charge in [-0.15, -0.1) is 0 Å². The first-order chi connectivity index (χ1) is 5.68. The molecule has 0 spiro atoms. The molecule has 2 saturated carbocycles. The van der Waals surface area contributed by atoms with Gasteiger partial charge in [0.05, 0.1) is 0 Å². The molecule has 1 heteroatoms. The van der Waals surface area contributed by atoms with Crippen LogP contribution < -0.4 is 0 Å². The van der Waals surface area contributed by atoms with E-state index >= 15 is 0 Å². The molecule has 2 fully saturated rings. The van der Waals surface area contributed by atoms with Crippen LogP contribution in [0.5, 0.6) is 0 Å². The number of aliphatic hydroxyl groups is 1. The summed E-state index contributed by atoms with van der Waals surface area (Å²) in [5.74, 6) is 2.37. The summed E-state index contributed by atoms with van der Waals surface area (Å²) in [6.45, 7) is 5.06. The van der Waals surface area contributed by atoms with E-state index in [2.05, 4.69) is 13.8 Å². The number of hydrogen-bond donors (Lipinski definition) is 1. The molecule has 12 heavy (non-hydrogen) atoms. The first kappa shape index (κ1) is 8.55. The molecule has 3 unspecified atom stereocenters. The molecular formula is C11H20O. The normalized spacial score (nSPS) is 47.2. The first-order valence-electron chi connectivity index (χ1n) is 5.29. The lowest BCUT2D eigenvalue weighted by atomic mass is 9.77. The molecule has 0 bridgehead atoms. The van der Waals surface area contributed by atoms with Gasteiger partial charge in [-0.05, 0) is 29.6 Å². The Balaban J connectivity index is 1.86. The minimum Gasteiger partial charge on any atom is -0.396 e. The molecule has 0 aromatic rings. The third-order valence-electron chi connectivity index (χ3n) is 4.53. The highest BCUT2D eigenvalue weighted by Gasteiger charge is 2.58. The van der Waals surface area contributed by atoms with Crippen LogP contribution >= 0.6 is 0 Å². The first-order valence-corrected chi connectivity index (χ1v) is 5.29. The summed E-state index contributed by atoms with van der Waals surface area (Å²) in [6, 6.07) is 0. The molecule has 2 rings (SSSR count). The Morgan fingerprint density at radius 3 is 2.42 bits per heavy atom. The van der Waals surface area contributed by atoms with Gasteiger partial charge in [-0.2, -0.15) is 0 Å². The van der Waals surface area contributed by atoms with Crippen molar-refractivity contribution >= 4 is 0 Å². The fraction of sp³-hybridized carbons (Fsp3) is 1.00. The SMILES string of the molecule is CC1C(CO)C1(C)CC1CCC1. The zero-order valence-corrected chi connectivity index (χ0v) is 8.21. The van der Waals surface area contributed by atoms with E-state index in [0.29, 0.717) is 17.9 Å². The van der Waals surface area contributed by atoms with Gasteiger partial charge in [0.25, 0.3) is 0 Å². The van der Waals surface area contributed by atoms with Crippen LogP contribution in [0, 0.1) is 23.2 Å². The second-order valence-corrected chi connectivity index (χ2v) is 5.08. The summed E-state index contributed by atoms with van der Waals surface area (Å²) in [6.07, 6.45) is 5.71. The van der Waals surface area contributed by atoms with E-state index in [-0.39, 0.29) is 0 Å². The minimum atomic E-state index is 0.407. The van der Waals surface area contributed by atoms with Crippen molar-refractivity contribution in [1.82, 2.24) is 0 Å². The van der Waals surface area contributed by atoms with E-state index < -0.39 is 0 Å². The van der Waals surface area contributed by atoms with E-state index in [9.17, 15) is 0 Å². The average molecular weight is 168 g/mol. The van der Waals surface area contributed by atoms with Crippen LogP contribution in [0.15, 0.2) is 0 Å². The van der Waals surface area contributed by atoms with E-state index in [1.807, 2.05) is 0 Å². The molecule has 2 aliphatic carbocycles.